The summed E-state index contributed by atoms with van der Waals surface area (Å²) in [5.74, 6) is -0.0367. The normalized spacial score (nSPS) is 22.8. The Morgan fingerprint density at radius 1 is 1.18 bits per heavy atom. The molecule has 2 aliphatic heterocycles. The number of aromatic nitrogens is 1. The van der Waals surface area contributed by atoms with Crippen LogP contribution in [0.5, 0.6) is 5.75 Å². The summed E-state index contributed by atoms with van der Waals surface area (Å²) in [5.41, 5.74) is -0.476. The first kappa shape index (κ1) is 23.9. The molecule has 8 heteroatoms. The highest BCUT2D eigenvalue weighted by Crippen LogP contribution is 2.40. The van der Waals surface area contributed by atoms with Crippen molar-refractivity contribution >= 4 is 17.7 Å². The minimum atomic E-state index is -1.18. The molecule has 1 aromatic carbocycles. The van der Waals surface area contributed by atoms with Crippen LogP contribution in [0.2, 0.25) is 0 Å². The van der Waals surface area contributed by atoms with Crippen LogP contribution in [0.15, 0.2) is 54.9 Å². The second-order valence-corrected chi connectivity index (χ2v) is 8.88. The van der Waals surface area contributed by atoms with E-state index >= 15 is 0 Å². The Morgan fingerprint density at radius 2 is 2.00 bits per heavy atom. The van der Waals surface area contributed by atoms with E-state index in [0.29, 0.717) is 37.4 Å². The van der Waals surface area contributed by atoms with Crippen LogP contribution in [0.25, 0.3) is 0 Å². The van der Waals surface area contributed by atoms with E-state index in [4.69, 9.17) is 9.47 Å². The lowest BCUT2D eigenvalue weighted by atomic mass is 9.75. The fourth-order valence-electron chi connectivity index (χ4n) is 4.82. The third-order valence-corrected chi connectivity index (χ3v) is 6.68. The van der Waals surface area contributed by atoms with Gasteiger partial charge in [-0.2, -0.15) is 0 Å². The van der Waals surface area contributed by atoms with E-state index in [-0.39, 0.29) is 43.2 Å². The fraction of sp³-hybridized carbons (Fsp3) is 0.462. The Labute approximate surface area is 199 Å². The van der Waals surface area contributed by atoms with Gasteiger partial charge in [-0.15, -0.1) is 0 Å². The summed E-state index contributed by atoms with van der Waals surface area (Å²) < 4.78 is 11.1. The number of piperidine rings is 1. The molecule has 0 saturated carbocycles. The Kier molecular flexibility index (Phi) is 7.57. The van der Waals surface area contributed by atoms with Crippen molar-refractivity contribution in [2.24, 2.45) is 0 Å². The quantitative estimate of drug-likeness (QED) is 0.418. The van der Waals surface area contributed by atoms with Gasteiger partial charge in [0.25, 0.3) is 0 Å². The van der Waals surface area contributed by atoms with Gasteiger partial charge in [0.05, 0.1) is 24.3 Å². The predicted molar refractivity (Wildman–Crippen MR) is 125 cm³/mol. The first-order chi connectivity index (χ1) is 16.5. The van der Waals surface area contributed by atoms with Gasteiger partial charge in [0.1, 0.15) is 5.75 Å². The Morgan fingerprint density at radius 3 is 2.74 bits per heavy atom. The molecule has 0 bridgehead atoms. The third kappa shape index (κ3) is 5.12. The SMILES string of the molecule is CO[C@@H]1CCCN(C(=O)C[C@@]2(c3ccccc3)CC(=O)N(CCCOc3cccnc3)C2=O)C1. The Hall–Kier alpha value is -3.26. The minimum absolute atomic E-state index is 0.00241. The minimum Gasteiger partial charge on any atom is -0.492 e. The highest BCUT2D eigenvalue weighted by atomic mass is 16.5. The van der Waals surface area contributed by atoms with E-state index in [0.717, 1.165) is 12.8 Å². The molecular formula is C26H31N3O5. The molecule has 2 aromatic rings. The first-order valence-corrected chi connectivity index (χ1v) is 11.8. The van der Waals surface area contributed by atoms with Gasteiger partial charge in [-0.25, -0.2) is 0 Å². The molecule has 0 N–H and O–H groups in total. The van der Waals surface area contributed by atoms with E-state index in [2.05, 4.69) is 4.98 Å². The van der Waals surface area contributed by atoms with Gasteiger partial charge in [-0.1, -0.05) is 30.3 Å². The van der Waals surface area contributed by atoms with Crippen molar-refractivity contribution in [1.29, 1.82) is 0 Å². The van der Waals surface area contributed by atoms with Gasteiger partial charge in [0, 0.05) is 45.8 Å². The molecule has 1 aromatic heterocycles. The van der Waals surface area contributed by atoms with Crippen LogP contribution in [-0.2, 0) is 24.5 Å². The van der Waals surface area contributed by atoms with Crippen molar-refractivity contribution < 1.29 is 23.9 Å². The summed E-state index contributed by atoms with van der Waals surface area (Å²) >= 11 is 0. The van der Waals surface area contributed by atoms with Crippen LogP contribution in [0.3, 0.4) is 0 Å². The van der Waals surface area contributed by atoms with Crippen molar-refractivity contribution in [1.82, 2.24) is 14.8 Å². The number of hydrogen-bond acceptors (Lipinski definition) is 6. The summed E-state index contributed by atoms with van der Waals surface area (Å²) in [4.78, 5) is 47.1. The second kappa shape index (κ2) is 10.8. The molecule has 3 heterocycles. The number of carbonyl (C=O) groups excluding carboxylic acids is 3. The molecule has 180 valence electrons. The number of carbonyl (C=O) groups is 3. The van der Waals surface area contributed by atoms with Crippen LogP contribution in [-0.4, -0.2) is 72.0 Å². The third-order valence-electron chi connectivity index (χ3n) is 6.68. The van der Waals surface area contributed by atoms with Gasteiger partial charge in [0.15, 0.2) is 0 Å². The van der Waals surface area contributed by atoms with Gasteiger partial charge < -0.3 is 14.4 Å². The van der Waals surface area contributed by atoms with Crippen LogP contribution < -0.4 is 4.74 Å². The summed E-state index contributed by atoms with van der Waals surface area (Å²) in [5, 5.41) is 0. The number of benzene rings is 1. The molecule has 8 nitrogen and oxygen atoms in total. The molecule has 2 aliphatic rings. The maximum Gasteiger partial charge on any atom is 0.240 e. The maximum atomic E-state index is 13.7. The molecule has 4 rings (SSSR count). The number of methoxy groups -OCH3 is 1. The Balaban J connectivity index is 1.47. The van der Waals surface area contributed by atoms with Gasteiger partial charge >= 0.3 is 0 Å². The number of ether oxygens (including phenoxy) is 2. The predicted octanol–water partition coefficient (Wildman–Crippen LogP) is 2.57. The van der Waals surface area contributed by atoms with E-state index in [9.17, 15) is 14.4 Å². The maximum absolute atomic E-state index is 13.7. The smallest absolute Gasteiger partial charge is 0.240 e. The zero-order chi connectivity index (χ0) is 24.0. The summed E-state index contributed by atoms with van der Waals surface area (Å²) in [6.45, 7) is 1.75. The van der Waals surface area contributed by atoms with Crippen molar-refractivity contribution in [2.75, 3.05) is 33.4 Å². The van der Waals surface area contributed by atoms with Crippen molar-refractivity contribution in [2.45, 2.75) is 43.6 Å². The van der Waals surface area contributed by atoms with Crippen molar-refractivity contribution in [3.05, 3.63) is 60.4 Å². The lowest BCUT2D eigenvalue weighted by Crippen LogP contribution is -2.47. The average molecular weight is 466 g/mol. The van der Waals surface area contributed by atoms with Crippen molar-refractivity contribution in [3.8, 4) is 5.75 Å². The zero-order valence-corrected chi connectivity index (χ0v) is 19.5. The number of amides is 3. The molecule has 0 spiro atoms. The molecule has 0 radical (unpaired) electrons. The number of pyridine rings is 1. The zero-order valence-electron chi connectivity index (χ0n) is 19.5. The van der Waals surface area contributed by atoms with Gasteiger partial charge in [-0.05, 0) is 37.0 Å². The number of hydrogen-bond donors (Lipinski definition) is 0. The molecule has 3 amide bonds. The van der Waals surface area contributed by atoms with Gasteiger partial charge in [-0.3, -0.25) is 24.3 Å². The molecule has 0 unspecified atom stereocenters. The number of likely N-dealkylation sites (tertiary alicyclic amines) is 2. The van der Waals surface area contributed by atoms with Crippen molar-refractivity contribution in [3.63, 3.8) is 0 Å². The van der Waals surface area contributed by atoms with Gasteiger partial charge in [0.2, 0.25) is 17.7 Å². The van der Waals surface area contributed by atoms with Crippen LogP contribution in [0.4, 0.5) is 0 Å². The number of nitrogens with zero attached hydrogens (tertiary/aromatic N) is 3. The van der Waals surface area contributed by atoms with E-state index in [1.807, 2.05) is 30.3 Å². The lowest BCUT2D eigenvalue weighted by molar-refractivity contribution is -0.143. The van der Waals surface area contributed by atoms with Crippen LogP contribution >= 0.6 is 0 Å². The highest BCUT2D eigenvalue weighted by Gasteiger charge is 2.54. The van der Waals surface area contributed by atoms with Crippen LogP contribution in [0, 0.1) is 0 Å². The fourth-order valence-corrected chi connectivity index (χ4v) is 4.82. The molecule has 2 fully saturated rings. The molecule has 2 saturated heterocycles. The van der Waals surface area contributed by atoms with Crippen LogP contribution in [0.1, 0.15) is 37.7 Å². The molecule has 2 atom stereocenters. The molecule has 34 heavy (non-hydrogen) atoms. The molecule has 0 aliphatic carbocycles. The highest BCUT2D eigenvalue weighted by molar-refractivity contribution is 6.10. The second-order valence-electron chi connectivity index (χ2n) is 8.88. The average Bonchev–Trinajstić information content (AvgIpc) is 3.12. The standard InChI is InChI=1S/C26H31N3O5/c1-33-22-11-6-13-28(19-22)23(30)16-26(20-8-3-2-4-9-20)17-24(31)29(25(26)32)14-7-15-34-21-10-5-12-27-18-21/h2-5,8-10,12,18,22H,6-7,11,13-17,19H2,1H3/t22-,26+/m1/s1. The lowest BCUT2D eigenvalue weighted by Gasteiger charge is -2.35. The summed E-state index contributed by atoms with van der Waals surface area (Å²) in [6.07, 6.45) is 5.52. The number of rotatable bonds is 9. The van der Waals surface area contributed by atoms with E-state index in [1.54, 1.807) is 36.5 Å². The summed E-state index contributed by atoms with van der Waals surface area (Å²) in [6, 6.07) is 12.8. The topological polar surface area (TPSA) is 89.0 Å². The molecular weight excluding hydrogens is 434 g/mol. The largest absolute Gasteiger partial charge is 0.492 e. The first-order valence-electron chi connectivity index (χ1n) is 11.8. The number of imide groups is 1. The Bertz CT molecular complexity index is 1000. The summed E-state index contributed by atoms with van der Waals surface area (Å²) in [7, 11) is 1.65. The van der Waals surface area contributed by atoms with E-state index < -0.39 is 5.41 Å². The monoisotopic (exact) mass is 465 g/mol. The van der Waals surface area contributed by atoms with E-state index in [1.165, 1.54) is 4.90 Å².